The number of nitrogens with zero attached hydrogens (tertiary/aromatic N) is 1. The summed E-state index contributed by atoms with van der Waals surface area (Å²) in [5.74, 6) is 1.78. The smallest absolute Gasteiger partial charge is 0.196 e. The fourth-order valence-corrected chi connectivity index (χ4v) is 2.92. The molecule has 0 radical (unpaired) electrons. The molecular formula is C15H12BrNOS. The molecule has 0 aliphatic heterocycles. The number of benzene rings is 2. The normalized spacial score (nSPS) is 11.0. The molecule has 0 fully saturated rings. The van der Waals surface area contributed by atoms with Crippen molar-refractivity contribution in [3.8, 4) is 0 Å². The van der Waals surface area contributed by atoms with E-state index in [4.69, 9.17) is 4.42 Å². The molecule has 0 N–H and O–H groups in total. The molecule has 3 rings (SSSR count). The molecule has 0 saturated carbocycles. The number of fused-ring (bicyclic) bond motifs is 1. The highest BCUT2D eigenvalue weighted by atomic mass is 79.9. The van der Waals surface area contributed by atoms with Crippen LogP contribution in [0.3, 0.4) is 0 Å². The number of oxazole rings is 1. The van der Waals surface area contributed by atoms with E-state index in [0.29, 0.717) is 0 Å². The van der Waals surface area contributed by atoms with Gasteiger partial charge >= 0.3 is 0 Å². The van der Waals surface area contributed by atoms with Crippen molar-refractivity contribution >= 4 is 38.8 Å². The molecule has 3 aromatic rings. The van der Waals surface area contributed by atoms with Gasteiger partial charge in [-0.1, -0.05) is 28.1 Å². The molecule has 0 unspecified atom stereocenters. The lowest BCUT2D eigenvalue weighted by atomic mass is 10.3. The first-order valence-corrected chi connectivity index (χ1v) is 7.82. The van der Waals surface area contributed by atoms with E-state index < -0.39 is 0 Å². The Balaban J connectivity index is 1.61. The largest absolute Gasteiger partial charge is 0.441 e. The van der Waals surface area contributed by atoms with Crippen LogP contribution in [0.5, 0.6) is 0 Å². The van der Waals surface area contributed by atoms with Gasteiger partial charge in [0.2, 0.25) is 0 Å². The van der Waals surface area contributed by atoms with Crippen LogP contribution in [0.2, 0.25) is 0 Å². The second-order valence-electron chi connectivity index (χ2n) is 4.13. The summed E-state index contributed by atoms with van der Waals surface area (Å²) in [5, 5.41) is 0. The Morgan fingerprint density at radius 1 is 1.05 bits per heavy atom. The molecule has 2 aromatic carbocycles. The Bertz CT molecular complexity index is 645. The molecule has 0 amide bonds. The Morgan fingerprint density at radius 3 is 2.63 bits per heavy atom. The molecule has 2 nitrogen and oxygen atoms in total. The fourth-order valence-electron chi connectivity index (χ4n) is 1.81. The number of thioether (sulfide) groups is 1. The maximum absolute atomic E-state index is 5.69. The first-order chi connectivity index (χ1) is 9.31. The zero-order valence-corrected chi connectivity index (χ0v) is 12.6. The van der Waals surface area contributed by atoms with Crippen LogP contribution >= 0.6 is 27.7 Å². The Hall–Kier alpha value is -1.26. The maximum atomic E-state index is 5.69. The number of halogens is 1. The second-order valence-corrected chi connectivity index (χ2v) is 6.21. The van der Waals surface area contributed by atoms with Gasteiger partial charge in [-0.2, -0.15) is 0 Å². The average molecular weight is 334 g/mol. The maximum Gasteiger partial charge on any atom is 0.196 e. The third kappa shape index (κ3) is 3.19. The highest BCUT2D eigenvalue weighted by molar-refractivity contribution is 9.10. The number of hydrogen-bond acceptors (Lipinski definition) is 3. The van der Waals surface area contributed by atoms with Crippen LogP contribution in [-0.4, -0.2) is 10.7 Å². The third-order valence-corrected chi connectivity index (χ3v) is 4.28. The fraction of sp³-hybridized carbons (Fsp3) is 0.133. The summed E-state index contributed by atoms with van der Waals surface area (Å²) in [6.07, 6.45) is 0.843. The Labute approximate surface area is 124 Å². The van der Waals surface area contributed by atoms with Crippen LogP contribution < -0.4 is 0 Å². The summed E-state index contributed by atoms with van der Waals surface area (Å²) in [7, 11) is 0. The van der Waals surface area contributed by atoms with Crippen LogP contribution in [0.15, 0.2) is 62.3 Å². The molecule has 96 valence electrons. The van der Waals surface area contributed by atoms with Crippen molar-refractivity contribution in [2.75, 3.05) is 5.75 Å². The highest BCUT2D eigenvalue weighted by Crippen LogP contribution is 2.22. The van der Waals surface area contributed by atoms with Crippen LogP contribution in [0.1, 0.15) is 5.89 Å². The van der Waals surface area contributed by atoms with Crippen LogP contribution in [0.25, 0.3) is 11.1 Å². The lowest BCUT2D eigenvalue weighted by Gasteiger charge is -1.99. The minimum absolute atomic E-state index is 0.811. The van der Waals surface area contributed by atoms with E-state index in [9.17, 15) is 0 Å². The average Bonchev–Trinajstić information content (AvgIpc) is 2.83. The molecule has 0 aliphatic rings. The van der Waals surface area contributed by atoms with Crippen LogP contribution in [-0.2, 0) is 6.42 Å². The van der Waals surface area contributed by atoms with E-state index in [1.165, 1.54) is 4.90 Å². The van der Waals surface area contributed by atoms with Crippen molar-refractivity contribution in [1.29, 1.82) is 0 Å². The molecule has 0 aliphatic carbocycles. The van der Waals surface area contributed by atoms with Crippen molar-refractivity contribution < 1.29 is 4.42 Å². The van der Waals surface area contributed by atoms with Gasteiger partial charge in [0.1, 0.15) is 5.52 Å². The molecule has 0 spiro atoms. The highest BCUT2D eigenvalue weighted by Gasteiger charge is 2.04. The number of aromatic nitrogens is 1. The Morgan fingerprint density at radius 2 is 1.84 bits per heavy atom. The first-order valence-electron chi connectivity index (χ1n) is 6.04. The van der Waals surface area contributed by atoms with E-state index in [0.717, 1.165) is 33.6 Å². The standard InChI is InChI=1S/C15H12BrNOS/c16-11-5-7-12(8-6-11)19-10-9-15-17-13-3-1-2-4-14(13)18-15/h1-8H,9-10H2. The predicted octanol–water partition coefficient (Wildman–Crippen LogP) is 4.93. The number of rotatable bonds is 4. The summed E-state index contributed by atoms with van der Waals surface area (Å²) < 4.78 is 6.80. The predicted molar refractivity (Wildman–Crippen MR) is 82.6 cm³/mol. The molecule has 19 heavy (non-hydrogen) atoms. The first kappa shape index (κ1) is 12.8. The van der Waals surface area contributed by atoms with Crippen molar-refractivity contribution in [3.63, 3.8) is 0 Å². The topological polar surface area (TPSA) is 26.0 Å². The van der Waals surface area contributed by atoms with Crippen molar-refractivity contribution in [3.05, 3.63) is 58.9 Å². The van der Waals surface area contributed by atoms with Gasteiger partial charge in [0.15, 0.2) is 11.5 Å². The Kier molecular flexibility index (Phi) is 3.89. The minimum atomic E-state index is 0.811. The van der Waals surface area contributed by atoms with Crippen LogP contribution in [0.4, 0.5) is 0 Å². The molecule has 0 atom stereocenters. The molecule has 0 bridgehead atoms. The summed E-state index contributed by atoms with van der Waals surface area (Å²) in [5.41, 5.74) is 1.80. The lowest BCUT2D eigenvalue weighted by Crippen LogP contribution is -1.88. The van der Waals surface area contributed by atoms with Crippen molar-refractivity contribution in [1.82, 2.24) is 4.98 Å². The van der Waals surface area contributed by atoms with Crippen molar-refractivity contribution in [2.45, 2.75) is 11.3 Å². The van der Waals surface area contributed by atoms with Gasteiger partial charge in [-0.3, -0.25) is 0 Å². The van der Waals surface area contributed by atoms with E-state index in [2.05, 4.69) is 45.2 Å². The van der Waals surface area contributed by atoms with Gasteiger partial charge in [0, 0.05) is 21.5 Å². The van der Waals surface area contributed by atoms with Crippen molar-refractivity contribution in [2.24, 2.45) is 0 Å². The van der Waals surface area contributed by atoms with Gasteiger partial charge in [-0.25, -0.2) is 4.98 Å². The van der Waals surface area contributed by atoms with Gasteiger partial charge in [0.25, 0.3) is 0 Å². The lowest BCUT2D eigenvalue weighted by molar-refractivity contribution is 0.539. The molecule has 1 aromatic heterocycles. The third-order valence-electron chi connectivity index (χ3n) is 2.74. The summed E-state index contributed by atoms with van der Waals surface area (Å²) in [4.78, 5) is 5.73. The zero-order chi connectivity index (χ0) is 13.1. The summed E-state index contributed by atoms with van der Waals surface area (Å²) in [6, 6.07) is 16.2. The number of para-hydroxylation sites is 2. The van der Waals surface area contributed by atoms with E-state index in [-0.39, 0.29) is 0 Å². The summed E-state index contributed by atoms with van der Waals surface area (Å²) >= 11 is 5.25. The van der Waals surface area contributed by atoms with E-state index in [1.807, 2.05) is 36.0 Å². The summed E-state index contributed by atoms with van der Waals surface area (Å²) in [6.45, 7) is 0. The van der Waals surface area contributed by atoms with Gasteiger partial charge in [-0.15, -0.1) is 11.8 Å². The number of hydrogen-bond donors (Lipinski definition) is 0. The quantitative estimate of drug-likeness (QED) is 0.633. The van der Waals surface area contributed by atoms with Crippen LogP contribution in [0, 0.1) is 0 Å². The molecule has 0 saturated heterocycles. The zero-order valence-electron chi connectivity index (χ0n) is 10.2. The second kappa shape index (κ2) is 5.80. The number of aryl methyl sites for hydroxylation is 1. The van der Waals surface area contributed by atoms with Gasteiger partial charge < -0.3 is 4.42 Å². The monoisotopic (exact) mass is 333 g/mol. The van der Waals surface area contributed by atoms with E-state index >= 15 is 0 Å². The van der Waals surface area contributed by atoms with Gasteiger partial charge in [0.05, 0.1) is 0 Å². The molecule has 1 heterocycles. The van der Waals surface area contributed by atoms with E-state index in [1.54, 1.807) is 0 Å². The molecular weight excluding hydrogens is 322 g/mol. The minimum Gasteiger partial charge on any atom is -0.441 e. The van der Waals surface area contributed by atoms with Gasteiger partial charge in [-0.05, 0) is 36.4 Å². The molecule has 4 heteroatoms. The SMILES string of the molecule is Brc1ccc(SCCc2nc3ccccc3o2)cc1.